The van der Waals surface area contributed by atoms with E-state index in [0.717, 1.165) is 18.4 Å². The topological polar surface area (TPSA) is 148 Å². The summed E-state index contributed by atoms with van der Waals surface area (Å²) in [5, 5.41) is 37.1. The van der Waals surface area contributed by atoms with Crippen LogP contribution in [0.3, 0.4) is 0 Å². The van der Waals surface area contributed by atoms with Crippen LogP contribution in [-0.4, -0.2) is 57.2 Å². The van der Waals surface area contributed by atoms with E-state index in [9.17, 15) is 10.5 Å². The van der Waals surface area contributed by atoms with Gasteiger partial charge in [-0.1, -0.05) is 26.3 Å². The smallest absolute Gasteiger partial charge is 0.242 e. The van der Waals surface area contributed by atoms with Crippen LogP contribution in [0.4, 0.5) is 0 Å². The second-order valence-corrected chi connectivity index (χ2v) is 11.6. The molecule has 2 aliphatic rings. The van der Waals surface area contributed by atoms with Crippen LogP contribution < -0.4 is 9.47 Å². The summed E-state index contributed by atoms with van der Waals surface area (Å²) < 4.78 is 20.7. The van der Waals surface area contributed by atoms with Crippen molar-refractivity contribution in [1.29, 1.82) is 15.9 Å². The Labute approximate surface area is 239 Å². The second-order valence-electron chi connectivity index (χ2n) is 11.6. The van der Waals surface area contributed by atoms with E-state index in [0.29, 0.717) is 66.1 Å². The van der Waals surface area contributed by atoms with Crippen LogP contribution >= 0.6 is 0 Å². The maximum atomic E-state index is 10.1. The third-order valence-corrected chi connectivity index (χ3v) is 7.89. The van der Waals surface area contributed by atoms with Crippen molar-refractivity contribution in [3.05, 3.63) is 47.1 Å². The van der Waals surface area contributed by atoms with Crippen molar-refractivity contribution in [3.63, 3.8) is 0 Å². The molecule has 0 atom stereocenters. The normalized spacial score (nSPS) is 17.1. The van der Waals surface area contributed by atoms with Crippen molar-refractivity contribution < 1.29 is 14.2 Å². The van der Waals surface area contributed by atoms with Crippen molar-refractivity contribution in [3.8, 4) is 35.0 Å². The highest BCUT2D eigenvalue weighted by Crippen LogP contribution is 2.42. The van der Waals surface area contributed by atoms with Crippen molar-refractivity contribution in [2.75, 3.05) is 26.4 Å². The second kappa shape index (κ2) is 11.2. The van der Waals surface area contributed by atoms with E-state index in [-0.39, 0.29) is 23.1 Å². The number of aryl methyl sites for hydroxylation is 1. The number of nitrogens with zero attached hydrogens (tertiary/aromatic N) is 7. The molecule has 11 nitrogen and oxygen atoms in total. The zero-order valence-corrected chi connectivity index (χ0v) is 23.9. The maximum Gasteiger partial charge on any atom is 0.242 e. The molecule has 0 amide bonds. The third-order valence-electron chi connectivity index (χ3n) is 7.89. The van der Waals surface area contributed by atoms with E-state index in [4.69, 9.17) is 19.6 Å². The van der Waals surface area contributed by atoms with E-state index < -0.39 is 0 Å². The Balaban J connectivity index is 1.48. The maximum absolute atomic E-state index is 10.1. The van der Waals surface area contributed by atoms with Gasteiger partial charge in [0.1, 0.15) is 17.8 Å². The molecule has 11 heteroatoms. The Morgan fingerprint density at radius 1 is 1.07 bits per heavy atom. The summed E-state index contributed by atoms with van der Waals surface area (Å²) in [4.78, 5) is 4.44. The average molecular weight is 555 g/mol. The minimum Gasteiger partial charge on any atom is -0.476 e. The summed E-state index contributed by atoms with van der Waals surface area (Å²) >= 11 is 0. The summed E-state index contributed by atoms with van der Waals surface area (Å²) in [6.45, 7) is 8.41. The molecule has 3 aromatic rings. The van der Waals surface area contributed by atoms with Crippen LogP contribution in [0.1, 0.15) is 62.5 Å². The van der Waals surface area contributed by atoms with Crippen LogP contribution in [0, 0.1) is 38.9 Å². The SMILES string of the molecule is CC=C(C=N)c1c(OCC2(C)COC2)nn(Cc2cncc(-c3c(OCC4(C)CCC4)nn(C)c3C#N)c2)c1C#N. The van der Waals surface area contributed by atoms with Gasteiger partial charge in [0, 0.05) is 47.6 Å². The van der Waals surface area contributed by atoms with Crippen molar-refractivity contribution in [2.45, 2.75) is 46.6 Å². The van der Waals surface area contributed by atoms with Crippen LogP contribution in [0.2, 0.25) is 0 Å². The fourth-order valence-electron chi connectivity index (χ4n) is 5.15. The number of allylic oxidation sites excluding steroid dienone is 2. The monoisotopic (exact) mass is 554 g/mol. The quantitative estimate of drug-likeness (QED) is 0.341. The molecule has 1 saturated heterocycles. The molecule has 41 heavy (non-hydrogen) atoms. The van der Waals surface area contributed by atoms with Crippen molar-refractivity contribution in [2.24, 2.45) is 17.9 Å². The largest absolute Gasteiger partial charge is 0.476 e. The van der Waals surface area contributed by atoms with E-state index in [1.807, 2.05) is 13.0 Å². The number of hydrogen-bond acceptors (Lipinski definition) is 9. The molecule has 0 radical (unpaired) electrons. The van der Waals surface area contributed by atoms with Crippen LogP contribution in [0.15, 0.2) is 24.5 Å². The first-order chi connectivity index (χ1) is 19.7. The van der Waals surface area contributed by atoms with Gasteiger partial charge < -0.3 is 19.6 Å². The first kappa shape index (κ1) is 28.1. The van der Waals surface area contributed by atoms with Crippen molar-refractivity contribution in [1.82, 2.24) is 24.5 Å². The summed E-state index contributed by atoms with van der Waals surface area (Å²) in [6, 6.07) is 6.41. The molecule has 2 fully saturated rings. The van der Waals surface area contributed by atoms with Gasteiger partial charge in [-0.25, -0.2) is 4.68 Å². The highest BCUT2D eigenvalue weighted by atomic mass is 16.5. The van der Waals surface area contributed by atoms with Gasteiger partial charge in [-0.2, -0.15) is 10.5 Å². The molecule has 0 bridgehead atoms. The molecule has 0 unspecified atom stereocenters. The van der Waals surface area contributed by atoms with Gasteiger partial charge in [0.2, 0.25) is 11.8 Å². The number of pyridine rings is 1. The molecule has 5 rings (SSSR count). The molecule has 0 spiro atoms. The number of rotatable bonds is 11. The Morgan fingerprint density at radius 2 is 1.78 bits per heavy atom. The standard InChI is InChI=1S/C30H34N8O3/c1-5-21(10-31)25-24(12-33)38(36-28(25)41-19-30(3)16-39-17-30)15-20-9-22(14-34-13-20)26-23(11-32)37(4)35-27(26)40-18-29(2)7-6-8-29/h5,9-10,13-14,31H,6-8,15-19H2,1-4H3. The molecule has 3 aromatic heterocycles. The predicted molar refractivity (Wildman–Crippen MR) is 152 cm³/mol. The van der Waals surface area contributed by atoms with Crippen LogP contribution in [0.25, 0.3) is 16.7 Å². The lowest BCUT2D eigenvalue weighted by molar-refractivity contribution is -0.120. The Kier molecular flexibility index (Phi) is 7.65. The lowest BCUT2D eigenvalue weighted by atomic mass is 9.71. The molecular formula is C30H34N8O3. The van der Waals surface area contributed by atoms with Gasteiger partial charge in [-0.15, -0.1) is 10.2 Å². The first-order valence-electron chi connectivity index (χ1n) is 13.7. The van der Waals surface area contributed by atoms with Gasteiger partial charge in [-0.3, -0.25) is 9.67 Å². The van der Waals surface area contributed by atoms with Crippen LogP contribution in [-0.2, 0) is 18.3 Å². The number of nitrogens with one attached hydrogen (secondary N) is 1. The lowest BCUT2D eigenvalue weighted by Gasteiger charge is -2.37. The number of nitriles is 2. The summed E-state index contributed by atoms with van der Waals surface area (Å²) in [6.07, 6.45) is 9.75. The van der Waals surface area contributed by atoms with Gasteiger partial charge in [-0.05, 0) is 31.4 Å². The molecule has 1 N–H and O–H groups in total. The number of ether oxygens (including phenoxy) is 3. The highest BCUT2D eigenvalue weighted by Gasteiger charge is 2.36. The molecule has 1 saturated carbocycles. The minimum absolute atomic E-state index is 0.120. The van der Waals surface area contributed by atoms with E-state index in [1.165, 1.54) is 17.3 Å². The molecule has 0 aromatic carbocycles. The Bertz CT molecular complexity index is 1580. The Morgan fingerprint density at radius 3 is 2.37 bits per heavy atom. The van der Waals surface area contributed by atoms with E-state index in [2.05, 4.69) is 41.2 Å². The summed E-state index contributed by atoms with van der Waals surface area (Å²) in [5.41, 5.74) is 3.74. The lowest BCUT2D eigenvalue weighted by Crippen LogP contribution is -2.44. The van der Waals surface area contributed by atoms with Gasteiger partial charge in [0.15, 0.2) is 5.69 Å². The van der Waals surface area contributed by atoms with Crippen molar-refractivity contribution >= 4 is 11.8 Å². The third kappa shape index (κ3) is 5.46. The summed E-state index contributed by atoms with van der Waals surface area (Å²) in [5.74, 6) is 0.706. The number of hydrogen-bond donors (Lipinski definition) is 1. The molecular weight excluding hydrogens is 520 g/mol. The molecule has 212 valence electrons. The van der Waals surface area contributed by atoms with E-state index >= 15 is 0 Å². The molecule has 1 aliphatic carbocycles. The molecule has 1 aliphatic heterocycles. The van der Waals surface area contributed by atoms with Gasteiger partial charge in [0.25, 0.3) is 0 Å². The Hall–Kier alpha value is -4.48. The summed E-state index contributed by atoms with van der Waals surface area (Å²) in [7, 11) is 1.72. The van der Waals surface area contributed by atoms with Crippen LogP contribution in [0.5, 0.6) is 11.8 Å². The van der Waals surface area contributed by atoms with Gasteiger partial charge >= 0.3 is 0 Å². The average Bonchev–Trinajstić information content (AvgIpc) is 3.45. The predicted octanol–water partition coefficient (Wildman–Crippen LogP) is 4.51. The first-order valence-corrected chi connectivity index (χ1v) is 13.7. The fourth-order valence-corrected chi connectivity index (χ4v) is 5.15. The molecule has 4 heterocycles. The fraction of sp³-hybridized carbons (Fsp3) is 0.467. The minimum atomic E-state index is -0.120. The van der Waals surface area contributed by atoms with E-state index in [1.54, 1.807) is 30.2 Å². The zero-order chi connectivity index (χ0) is 29.2. The van der Waals surface area contributed by atoms with Gasteiger partial charge in [0.05, 0.1) is 44.1 Å². The number of aromatic nitrogens is 5. The zero-order valence-electron chi connectivity index (χ0n) is 23.9. The highest BCUT2D eigenvalue weighted by molar-refractivity contribution is 6.10.